The van der Waals surface area contributed by atoms with E-state index >= 15 is 0 Å². The van der Waals surface area contributed by atoms with Crippen molar-refractivity contribution in [3.8, 4) is 5.75 Å². The van der Waals surface area contributed by atoms with E-state index in [-0.39, 0.29) is 31.4 Å². The van der Waals surface area contributed by atoms with Gasteiger partial charge in [-0.25, -0.2) is 0 Å². The van der Waals surface area contributed by atoms with E-state index in [0.29, 0.717) is 28.3 Å². The van der Waals surface area contributed by atoms with Crippen LogP contribution in [-0.4, -0.2) is 41.7 Å². The van der Waals surface area contributed by atoms with Gasteiger partial charge in [0, 0.05) is 18.7 Å². The van der Waals surface area contributed by atoms with Gasteiger partial charge >= 0.3 is 0 Å². The predicted molar refractivity (Wildman–Crippen MR) is 95.6 cm³/mol. The van der Waals surface area contributed by atoms with Gasteiger partial charge in [0.25, 0.3) is 17.7 Å². The first-order chi connectivity index (χ1) is 13.0. The summed E-state index contributed by atoms with van der Waals surface area (Å²) in [5, 5.41) is 5.35. The second-order valence-corrected chi connectivity index (χ2v) is 6.15. The summed E-state index contributed by atoms with van der Waals surface area (Å²) in [5.74, 6) is -0.876. The fourth-order valence-corrected chi connectivity index (χ4v) is 3.04. The molecule has 2 aliphatic heterocycles. The van der Waals surface area contributed by atoms with Crippen molar-refractivity contribution in [1.29, 1.82) is 0 Å². The molecule has 2 aliphatic rings. The summed E-state index contributed by atoms with van der Waals surface area (Å²) >= 11 is 0. The molecule has 0 fully saturated rings. The SMILES string of the molecule is O=C(CCN1C(=O)c2ccccc2C1=O)Nc1ccc2c(c1)NC(=O)CO2. The van der Waals surface area contributed by atoms with E-state index in [2.05, 4.69) is 10.6 Å². The van der Waals surface area contributed by atoms with E-state index in [4.69, 9.17) is 4.74 Å². The van der Waals surface area contributed by atoms with Gasteiger partial charge in [0.1, 0.15) is 5.75 Å². The van der Waals surface area contributed by atoms with E-state index in [1.54, 1.807) is 42.5 Å². The molecule has 0 saturated heterocycles. The van der Waals surface area contributed by atoms with Gasteiger partial charge in [-0.2, -0.15) is 0 Å². The second kappa shape index (κ2) is 6.56. The molecule has 2 heterocycles. The zero-order chi connectivity index (χ0) is 19.0. The van der Waals surface area contributed by atoms with Crippen molar-refractivity contribution in [2.75, 3.05) is 23.8 Å². The molecule has 4 rings (SSSR count). The number of nitrogens with one attached hydrogen (secondary N) is 2. The second-order valence-electron chi connectivity index (χ2n) is 6.15. The quantitative estimate of drug-likeness (QED) is 0.802. The fraction of sp³-hybridized carbons (Fsp3) is 0.158. The smallest absolute Gasteiger partial charge is 0.262 e. The number of anilines is 2. The molecule has 2 aromatic rings. The summed E-state index contributed by atoms with van der Waals surface area (Å²) in [6, 6.07) is 11.5. The first kappa shape index (κ1) is 16.8. The van der Waals surface area contributed by atoms with Crippen LogP contribution in [0, 0.1) is 0 Å². The van der Waals surface area contributed by atoms with Crippen LogP contribution in [0.3, 0.4) is 0 Å². The lowest BCUT2D eigenvalue weighted by Gasteiger charge is -2.19. The zero-order valence-corrected chi connectivity index (χ0v) is 14.2. The van der Waals surface area contributed by atoms with Crippen LogP contribution in [0.5, 0.6) is 5.75 Å². The summed E-state index contributed by atoms with van der Waals surface area (Å²) < 4.78 is 5.26. The highest BCUT2D eigenvalue weighted by molar-refractivity contribution is 6.21. The number of fused-ring (bicyclic) bond motifs is 2. The number of hydrogen-bond donors (Lipinski definition) is 2. The minimum Gasteiger partial charge on any atom is -0.482 e. The van der Waals surface area contributed by atoms with Gasteiger partial charge < -0.3 is 15.4 Å². The monoisotopic (exact) mass is 365 g/mol. The van der Waals surface area contributed by atoms with Crippen LogP contribution in [0.2, 0.25) is 0 Å². The average Bonchev–Trinajstić information content (AvgIpc) is 2.90. The van der Waals surface area contributed by atoms with E-state index in [1.165, 1.54) is 0 Å². The normalized spacial score (nSPS) is 15.0. The van der Waals surface area contributed by atoms with Crippen LogP contribution in [0.4, 0.5) is 11.4 Å². The molecule has 4 amide bonds. The van der Waals surface area contributed by atoms with Gasteiger partial charge in [0.05, 0.1) is 16.8 Å². The Morgan fingerprint density at radius 3 is 2.48 bits per heavy atom. The first-order valence-electron chi connectivity index (χ1n) is 8.35. The van der Waals surface area contributed by atoms with Crippen LogP contribution in [0.1, 0.15) is 27.1 Å². The number of amides is 4. The third-order valence-electron chi connectivity index (χ3n) is 4.34. The van der Waals surface area contributed by atoms with E-state index < -0.39 is 11.8 Å². The Morgan fingerprint density at radius 2 is 1.78 bits per heavy atom. The molecule has 0 aliphatic carbocycles. The molecule has 8 nitrogen and oxygen atoms in total. The van der Waals surface area contributed by atoms with Gasteiger partial charge in [-0.05, 0) is 30.3 Å². The maximum Gasteiger partial charge on any atom is 0.262 e. The highest BCUT2D eigenvalue weighted by atomic mass is 16.5. The molecular weight excluding hydrogens is 350 g/mol. The molecule has 136 valence electrons. The molecule has 0 unspecified atom stereocenters. The zero-order valence-electron chi connectivity index (χ0n) is 14.2. The molecule has 0 bridgehead atoms. The molecule has 0 saturated carbocycles. The molecule has 8 heteroatoms. The van der Waals surface area contributed by atoms with Crippen molar-refractivity contribution < 1.29 is 23.9 Å². The Kier molecular flexibility index (Phi) is 4.08. The van der Waals surface area contributed by atoms with Crippen LogP contribution in [0.15, 0.2) is 42.5 Å². The number of hydrogen-bond acceptors (Lipinski definition) is 5. The van der Waals surface area contributed by atoms with Gasteiger partial charge in [0.15, 0.2) is 6.61 Å². The maximum absolute atomic E-state index is 12.3. The predicted octanol–water partition coefficient (Wildman–Crippen LogP) is 1.64. The van der Waals surface area contributed by atoms with Crippen molar-refractivity contribution in [2.45, 2.75) is 6.42 Å². The standard InChI is InChI=1S/C19H15N3O5/c23-16(20-11-5-6-15-14(9-11)21-17(24)10-27-15)7-8-22-18(25)12-3-1-2-4-13(12)19(22)26/h1-6,9H,7-8,10H2,(H,20,23)(H,21,24). The number of carbonyl (C=O) groups is 4. The molecule has 0 atom stereocenters. The minimum atomic E-state index is -0.392. The third-order valence-corrected chi connectivity index (χ3v) is 4.34. The number of rotatable bonds is 4. The number of benzene rings is 2. The Hall–Kier alpha value is -3.68. The molecule has 0 aromatic heterocycles. The van der Waals surface area contributed by atoms with E-state index in [0.717, 1.165) is 4.90 Å². The van der Waals surface area contributed by atoms with Crippen molar-refractivity contribution >= 4 is 35.0 Å². The molecule has 2 aromatic carbocycles. The number of nitrogens with zero attached hydrogens (tertiary/aromatic N) is 1. The molecular formula is C19H15N3O5. The molecule has 0 radical (unpaired) electrons. The van der Waals surface area contributed by atoms with Crippen LogP contribution >= 0.6 is 0 Å². The van der Waals surface area contributed by atoms with Crippen LogP contribution < -0.4 is 15.4 Å². The Morgan fingerprint density at radius 1 is 1.07 bits per heavy atom. The van der Waals surface area contributed by atoms with Crippen molar-refractivity contribution in [2.24, 2.45) is 0 Å². The lowest BCUT2D eigenvalue weighted by Crippen LogP contribution is -2.32. The Balaban J connectivity index is 1.38. The Labute approximate surface area is 154 Å². The largest absolute Gasteiger partial charge is 0.482 e. The molecule has 27 heavy (non-hydrogen) atoms. The van der Waals surface area contributed by atoms with Crippen LogP contribution in [0.25, 0.3) is 0 Å². The van der Waals surface area contributed by atoms with Crippen LogP contribution in [-0.2, 0) is 9.59 Å². The summed E-state index contributed by atoms with van der Waals surface area (Å²) in [5.41, 5.74) is 1.66. The lowest BCUT2D eigenvalue weighted by molar-refractivity contribution is -0.118. The Bertz CT molecular complexity index is 950. The highest BCUT2D eigenvalue weighted by Gasteiger charge is 2.34. The highest BCUT2D eigenvalue weighted by Crippen LogP contribution is 2.30. The molecule has 2 N–H and O–H groups in total. The minimum absolute atomic E-state index is 0.0109. The van der Waals surface area contributed by atoms with Gasteiger partial charge in [0.2, 0.25) is 5.91 Å². The van der Waals surface area contributed by atoms with Crippen molar-refractivity contribution in [1.82, 2.24) is 4.90 Å². The first-order valence-corrected chi connectivity index (χ1v) is 8.35. The van der Waals surface area contributed by atoms with E-state index in [1.807, 2.05) is 0 Å². The summed E-state index contributed by atoms with van der Waals surface area (Å²) in [6.45, 7) is -0.0536. The number of imide groups is 1. The maximum atomic E-state index is 12.3. The van der Waals surface area contributed by atoms with Gasteiger partial charge in [-0.1, -0.05) is 12.1 Å². The summed E-state index contributed by atoms with van der Waals surface area (Å²) in [6.07, 6.45) is -0.0363. The number of carbonyl (C=O) groups excluding carboxylic acids is 4. The topological polar surface area (TPSA) is 105 Å². The summed E-state index contributed by atoms with van der Waals surface area (Å²) in [4.78, 5) is 49.2. The lowest BCUT2D eigenvalue weighted by atomic mass is 10.1. The van der Waals surface area contributed by atoms with Gasteiger partial charge in [-0.15, -0.1) is 0 Å². The fourth-order valence-electron chi connectivity index (χ4n) is 3.04. The summed E-state index contributed by atoms with van der Waals surface area (Å²) in [7, 11) is 0. The van der Waals surface area contributed by atoms with E-state index in [9.17, 15) is 19.2 Å². The number of ether oxygens (including phenoxy) is 1. The molecule has 0 spiro atoms. The average molecular weight is 365 g/mol. The van der Waals surface area contributed by atoms with Crippen molar-refractivity contribution in [3.05, 3.63) is 53.6 Å². The third kappa shape index (κ3) is 3.12. The van der Waals surface area contributed by atoms with Gasteiger partial charge in [-0.3, -0.25) is 24.1 Å². The van der Waals surface area contributed by atoms with Crippen molar-refractivity contribution in [3.63, 3.8) is 0 Å².